The zero-order valence-corrected chi connectivity index (χ0v) is 15.0. The maximum Gasteiger partial charge on any atom is 0.341 e. The average molecular weight is 370 g/mol. The van der Waals surface area contributed by atoms with Gasteiger partial charge in [0, 0.05) is 10.9 Å². The molecule has 0 aliphatic carbocycles. The van der Waals surface area contributed by atoms with Crippen LogP contribution in [0.4, 0.5) is 19.5 Å². The lowest BCUT2D eigenvalue weighted by Gasteiger charge is -2.11. The maximum absolute atomic E-state index is 13.7. The fraction of sp³-hybridized carbons (Fsp3) is 0.250. The molecule has 2 aromatic rings. The van der Waals surface area contributed by atoms with Crippen LogP contribution < -0.4 is 10.6 Å². The number of aryl methyl sites for hydroxylation is 1. The number of thiophene rings is 1. The molecule has 8 heteroatoms. The number of ether oxygens (including phenoxy) is 1. The molecule has 0 amide bonds. The molecule has 0 aliphatic rings. The lowest BCUT2D eigenvalue weighted by Crippen LogP contribution is -2.21. The third-order valence-electron chi connectivity index (χ3n) is 3.27. The molecule has 0 saturated carbocycles. The lowest BCUT2D eigenvalue weighted by atomic mass is 10.1. The Bertz CT molecular complexity index is 791. The first-order valence-electron chi connectivity index (χ1n) is 7.13. The van der Waals surface area contributed by atoms with E-state index in [2.05, 4.69) is 10.6 Å². The first-order valence-corrected chi connectivity index (χ1v) is 8.36. The SMILES string of the molecule is CCOC(=O)c1c(NC(=S)Nc2ccc(F)cc2F)sc(C)c1C. The summed E-state index contributed by atoms with van der Waals surface area (Å²) in [6.07, 6.45) is 0. The van der Waals surface area contributed by atoms with Gasteiger partial charge in [0.25, 0.3) is 0 Å². The Hall–Kier alpha value is -2.06. The minimum Gasteiger partial charge on any atom is -0.462 e. The number of esters is 1. The molecule has 0 aliphatic heterocycles. The summed E-state index contributed by atoms with van der Waals surface area (Å²) in [4.78, 5) is 13.1. The fourth-order valence-corrected chi connectivity index (χ4v) is 3.34. The molecule has 0 bridgehead atoms. The summed E-state index contributed by atoms with van der Waals surface area (Å²) in [7, 11) is 0. The van der Waals surface area contributed by atoms with Gasteiger partial charge in [0.1, 0.15) is 16.6 Å². The minimum atomic E-state index is -0.761. The first kappa shape index (κ1) is 18.3. The van der Waals surface area contributed by atoms with Gasteiger partial charge in [-0.1, -0.05) is 0 Å². The Morgan fingerprint density at radius 2 is 2.00 bits per heavy atom. The van der Waals surface area contributed by atoms with E-state index in [0.29, 0.717) is 10.6 Å². The summed E-state index contributed by atoms with van der Waals surface area (Å²) in [5.41, 5.74) is 1.25. The molecule has 1 heterocycles. The molecule has 0 spiro atoms. The van der Waals surface area contributed by atoms with E-state index in [-0.39, 0.29) is 17.4 Å². The van der Waals surface area contributed by atoms with Crippen molar-refractivity contribution < 1.29 is 18.3 Å². The van der Waals surface area contributed by atoms with Crippen LogP contribution in [-0.4, -0.2) is 17.7 Å². The third kappa shape index (κ3) is 4.07. The number of hydrogen-bond donors (Lipinski definition) is 2. The summed E-state index contributed by atoms with van der Waals surface area (Å²) in [5.74, 6) is -1.88. The van der Waals surface area contributed by atoms with E-state index >= 15 is 0 Å². The second kappa shape index (κ2) is 7.67. The molecule has 0 fully saturated rings. The highest BCUT2D eigenvalue weighted by molar-refractivity contribution is 7.80. The van der Waals surface area contributed by atoms with Crippen LogP contribution in [-0.2, 0) is 4.74 Å². The first-order chi connectivity index (χ1) is 11.3. The summed E-state index contributed by atoms with van der Waals surface area (Å²) in [6, 6.07) is 3.13. The molecule has 0 atom stereocenters. The predicted molar refractivity (Wildman–Crippen MR) is 96.0 cm³/mol. The number of halogens is 2. The van der Waals surface area contributed by atoms with Crippen molar-refractivity contribution in [2.45, 2.75) is 20.8 Å². The van der Waals surface area contributed by atoms with Gasteiger partial charge in [-0.2, -0.15) is 0 Å². The van der Waals surface area contributed by atoms with Gasteiger partial charge in [-0.3, -0.25) is 0 Å². The second-order valence-corrected chi connectivity index (χ2v) is 6.54. The molecule has 2 rings (SSSR count). The molecular formula is C16H16F2N2O2S2. The molecule has 0 unspecified atom stereocenters. The highest BCUT2D eigenvalue weighted by Gasteiger charge is 2.21. The number of rotatable bonds is 4. The Balaban J connectivity index is 2.20. The topological polar surface area (TPSA) is 50.4 Å². The predicted octanol–water partition coefficient (Wildman–Crippen LogP) is 4.63. The molecule has 24 heavy (non-hydrogen) atoms. The number of hydrogen-bond acceptors (Lipinski definition) is 4. The highest BCUT2D eigenvalue weighted by atomic mass is 32.1. The molecule has 128 valence electrons. The van der Waals surface area contributed by atoms with Gasteiger partial charge in [0.15, 0.2) is 5.11 Å². The Kier molecular flexibility index (Phi) is 5.84. The minimum absolute atomic E-state index is 0.0385. The van der Waals surface area contributed by atoms with Crippen molar-refractivity contribution >= 4 is 45.3 Å². The van der Waals surface area contributed by atoms with E-state index in [9.17, 15) is 13.6 Å². The maximum atomic E-state index is 13.7. The molecule has 4 nitrogen and oxygen atoms in total. The Morgan fingerprint density at radius 1 is 1.29 bits per heavy atom. The zero-order valence-electron chi connectivity index (χ0n) is 13.3. The van der Waals surface area contributed by atoms with Crippen molar-refractivity contribution in [2.75, 3.05) is 17.2 Å². The number of anilines is 2. The van der Waals surface area contributed by atoms with E-state index in [1.54, 1.807) is 6.92 Å². The van der Waals surface area contributed by atoms with E-state index in [4.69, 9.17) is 17.0 Å². The van der Waals surface area contributed by atoms with E-state index in [0.717, 1.165) is 22.6 Å². The largest absolute Gasteiger partial charge is 0.462 e. The molecule has 0 radical (unpaired) electrons. The normalized spacial score (nSPS) is 10.4. The third-order valence-corrected chi connectivity index (χ3v) is 4.60. The van der Waals surface area contributed by atoms with E-state index < -0.39 is 17.6 Å². The summed E-state index contributed by atoms with van der Waals surface area (Å²) < 4.78 is 31.6. The van der Waals surface area contributed by atoms with Gasteiger partial charge < -0.3 is 15.4 Å². The summed E-state index contributed by atoms with van der Waals surface area (Å²) in [5, 5.41) is 6.13. The van der Waals surface area contributed by atoms with Crippen molar-refractivity contribution in [1.29, 1.82) is 0 Å². The lowest BCUT2D eigenvalue weighted by molar-refractivity contribution is 0.0527. The van der Waals surface area contributed by atoms with Crippen LogP contribution in [0.5, 0.6) is 0 Å². The quantitative estimate of drug-likeness (QED) is 0.607. The molecular weight excluding hydrogens is 354 g/mol. The molecule has 1 aromatic heterocycles. The standard InChI is InChI=1S/C16H16F2N2O2S2/c1-4-22-15(21)13-8(2)9(3)24-14(13)20-16(23)19-12-6-5-10(17)7-11(12)18/h5-7H,4H2,1-3H3,(H2,19,20,23). The molecule has 2 N–H and O–H groups in total. The van der Waals surface area contributed by atoms with Crippen LogP contribution in [0.25, 0.3) is 0 Å². The smallest absolute Gasteiger partial charge is 0.341 e. The van der Waals surface area contributed by atoms with Gasteiger partial charge in [0.2, 0.25) is 0 Å². The van der Waals surface area contributed by atoms with Gasteiger partial charge in [-0.05, 0) is 50.7 Å². The van der Waals surface area contributed by atoms with Crippen LogP contribution >= 0.6 is 23.6 Å². The number of carbonyl (C=O) groups excluding carboxylic acids is 1. The Labute approximate surface area is 147 Å². The fourth-order valence-electron chi connectivity index (χ4n) is 2.01. The van der Waals surface area contributed by atoms with Gasteiger partial charge in [0.05, 0.1) is 17.9 Å². The van der Waals surface area contributed by atoms with Crippen LogP contribution in [0.1, 0.15) is 27.7 Å². The highest BCUT2D eigenvalue weighted by Crippen LogP contribution is 2.33. The summed E-state index contributed by atoms with van der Waals surface area (Å²) in [6.45, 7) is 5.68. The van der Waals surface area contributed by atoms with Crippen LogP contribution in [0, 0.1) is 25.5 Å². The molecule has 0 saturated heterocycles. The number of carbonyl (C=O) groups is 1. The Morgan fingerprint density at radius 3 is 2.62 bits per heavy atom. The van der Waals surface area contributed by atoms with E-state index in [1.165, 1.54) is 17.4 Å². The van der Waals surface area contributed by atoms with Gasteiger partial charge in [-0.15, -0.1) is 11.3 Å². The van der Waals surface area contributed by atoms with Crippen molar-refractivity contribution in [3.05, 3.63) is 45.8 Å². The van der Waals surface area contributed by atoms with Gasteiger partial charge in [-0.25, -0.2) is 13.6 Å². The molecule has 1 aromatic carbocycles. The van der Waals surface area contributed by atoms with Crippen LogP contribution in [0.3, 0.4) is 0 Å². The monoisotopic (exact) mass is 370 g/mol. The number of benzene rings is 1. The van der Waals surface area contributed by atoms with E-state index in [1.807, 2.05) is 13.8 Å². The van der Waals surface area contributed by atoms with Crippen LogP contribution in [0.2, 0.25) is 0 Å². The number of nitrogens with one attached hydrogen (secondary N) is 2. The average Bonchev–Trinajstić information content (AvgIpc) is 2.77. The van der Waals surface area contributed by atoms with Crippen molar-refractivity contribution in [3.8, 4) is 0 Å². The number of thiocarbonyl (C=S) groups is 1. The van der Waals surface area contributed by atoms with Crippen molar-refractivity contribution in [3.63, 3.8) is 0 Å². The van der Waals surface area contributed by atoms with Crippen molar-refractivity contribution in [2.24, 2.45) is 0 Å². The van der Waals surface area contributed by atoms with Crippen molar-refractivity contribution in [1.82, 2.24) is 0 Å². The van der Waals surface area contributed by atoms with Gasteiger partial charge >= 0.3 is 5.97 Å². The summed E-state index contributed by atoms with van der Waals surface area (Å²) >= 11 is 6.49. The zero-order chi connectivity index (χ0) is 17.9. The second-order valence-electron chi connectivity index (χ2n) is 4.91. The van der Waals surface area contributed by atoms with Crippen LogP contribution in [0.15, 0.2) is 18.2 Å².